The number of hydrogen-bond donors (Lipinski definition) is 1. The Balaban J connectivity index is 1.51. The molecule has 0 aromatic carbocycles. The Kier molecular flexibility index (Phi) is 7.46. The molecule has 10 nitrogen and oxygen atoms in total. The van der Waals surface area contributed by atoms with Gasteiger partial charge in [-0.1, -0.05) is 38.2 Å². The number of morpholine rings is 1. The summed E-state index contributed by atoms with van der Waals surface area (Å²) in [7, 11) is 0. The Morgan fingerprint density at radius 3 is 2.27 bits per heavy atom. The molecule has 3 fully saturated rings. The largest absolute Gasteiger partial charge is 0.395 e. The molecule has 0 radical (unpaired) electrons. The molecule has 5 heterocycles. The van der Waals surface area contributed by atoms with Crippen LogP contribution in [-0.4, -0.2) is 132 Å². The van der Waals surface area contributed by atoms with Crippen molar-refractivity contribution in [1.29, 1.82) is 0 Å². The van der Waals surface area contributed by atoms with Crippen LogP contribution in [0.2, 0.25) is 0 Å². The van der Waals surface area contributed by atoms with Gasteiger partial charge in [0.25, 0.3) is 0 Å². The fourth-order valence-electron chi connectivity index (χ4n) is 6.96. The van der Waals surface area contributed by atoms with Crippen molar-refractivity contribution >= 4 is 17.7 Å². The molecule has 1 unspecified atom stereocenters. The highest BCUT2D eigenvalue weighted by molar-refractivity contribution is 6.00. The smallest absolute Gasteiger partial charge is 0.249 e. The van der Waals surface area contributed by atoms with Gasteiger partial charge < -0.3 is 29.3 Å². The molecule has 0 bridgehead atoms. The predicted octanol–water partition coefficient (Wildman–Crippen LogP) is -0.121. The van der Waals surface area contributed by atoms with Crippen molar-refractivity contribution in [3.63, 3.8) is 0 Å². The van der Waals surface area contributed by atoms with Crippen molar-refractivity contribution in [2.75, 3.05) is 72.2 Å². The molecule has 37 heavy (non-hydrogen) atoms. The lowest BCUT2D eigenvalue weighted by Gasteiger charge is -2.38. The van der Waals surface area contributed by atoms with E-state index in [1.54, 1.807) is 9.80 Å². The summed E-state index contributed by atoms with van der Waals surface area (Å²) in [6, 6.07) is -0.920. The molecule has 5 aliphatic rings. The Morgan fingerprint density at radius 2 is 1.59 bits per heavy atom. The van der Waals surface area contributed by atoms with Gasteiger partial charge in [-0.25, -0.2) is 0 Å². The van der Waals surface area contributed by atoms with Gasteiger partial charge in [-0.2, -0.15) is 0 Å². The first-order chi connectivity index (χ1) is 17.9. The summed E-state index contributed by atoms with van der Waals surface area (Å²) in [6.45, 7) is 9.51. The molecule has 0 aromatic heterocycles. The second-order valence-electron chi connectivity index (χ2n) is 10.7. The molecule has 0 aliphatic carbocycles. The topological polar surface area (TPSA) is 103 Å². The van der Waals surface area contributed by atoms with Gasteiger partial charge >= 0.3 is 0 Å². The van der Waals surface area contributed by atoms with E-state index in [-0.39, 0.29) is 30.9 Å². The highest BCUT2D eigenvalue weighted by Crippen LogP contribution is 2.58. The number of amides is 3. The van der Waals surface area contributed by atoms with Crippen LogP contribution in [0.3, 0.4) is 0 Å². The SMILES string of the molecule is CCCN1CC=C[C@@]2(CC)O[C@]34C=CCN(CCN5CCOCC5)C(=O)C3N(CCO)C(=O)[C@@H]4[C@H]2C1=O. The quantitative estimate of drug-likeness (QED) is 0.449. The second-order valence-corrected chi connectivity index (χ2v) is 10.7. The van der Waals surface area contributed by atoms with Crippen molar-refractivity contribution in [2.24, 2.45) is 11.8 Å². The molecular weight excluding hydrogens is 476 g/mol. The van der Waals surface area contributed by atoms with Gasteiger partial charge in [0.05, 0.1) is 37.3 Å². The second kappa shape index (κ2) is 10.5. The van der Waals surface area contributed by atoms with Crippen LogP contribution in [0, 0.1) is 11.8 Å². The van der Waals surface area contributed by atoms with Gasteiger partial charge in [-0.05, 0) is 12.8 Å². The van der Waals surface area contributed by atoms with E-state index in [9.17, 15) is 19.5 Å². The molecule has 0 saturated carbocycles. The fourth-order valence-corrected chi connectivity index (χ4v) is 6.96. The standard InChI is InChI=1S/C27H40N4O6/c1-3-9-29-10-5-7-26(4-2)20(23(29)33)21-24(34)31(14-17-32)22-25(35)30(11-6-8-27(21,22)37-26)13-12-28-15-18-36-19-16-28/h5-8,20-22,32H,3-4,9-19H2,1-2H3/t20-,21-,22?,26+,27-/m0/s1. The van der Waals surface area contributed by atoms with Gasteiger partial charge in [0, 0.05) is 52.4 Å². The van der Waals surface area contributed by atoms with E-state index < -0.39 is 29.1 Å². The van der Waals surface area contributed by atoms with E-state index in [0.29, 0.717) is 45.8 Å². The number of β-amino-alcohol motifs (C(OH)–C–C–N with tert-alkyl or cyclic N) is 1. The molecule has 5 rings (SSSR count). The summed E-state index contributed by atoms with van der Waals surface area (Å²) in [4.78, 5) is 49.5. The zero-order valence-corrected chi connectivity index (χ0v) is 22.0. The van der Waals surface area contributed by atoms with Gasteiger partial charge in [-0.3, -0.25) is 19.3 Å². The van der Waals surface area contributed by atoms with E-state index in [0.717, 1.165) is 26.1 Å². The summed E-state index contributed by atoms with van der Waals surface area (Å²) < 4.78 is 12.3. The van der Waals surface area contributed by atoms with Crippen LogP contribution in [0.25, 0.3) is 0 Å². The zero-order valence-electron chi connectivity index (χ0n) is 22.0. The first-order valence-electron chi connectivity index (χ1n) is 13.8. The van der Waals surface area contributed by atoms with Crippen LogP contribution in [0.15, 0.2) is 24.3 Å². The average molecular weight is 517 g/mol. The number of rotatable bonds is 8. The Bertz CT molecular complexity index is 965. The summed E-state index contributed by atoms with van der Waals surface area (Å²) in [5.41, 5.74) is -2.22. The molecule has 204 valence electrons. The number of fused-ring (bicyclic) bond motifs is 2. The number of carbonyl (C=O) groups is 3. The van der Waals surface area contributed by atoms with Crippen molar-refractivity contribution in [3.05, 3.63) is 24.3 Å². The molecule has 5 atom stereocenters. The summed E-state index contributed by atoms with van der Waals surface area (Å²) >= 11 is 0. The third-order valence-electron chi connectivity index (χ3n) is 8.73. The van der Waals surface area contributed by atoms with Crippen LogP contribution < -0.4 is 0 Å². The van der Waals surface area contributed by atoms with Crippen molar-refractivity contribution in [3.8, 4) is 0 Å². The Labute approximate surface area is 218 Å². The molecule has 3 saturated heterocycles. The highest BCUT2D eigenvalue weighted by atomic mass is 16.5. The first-order valence-corrected chi connectivity index (χ1v) is 13.8. The molecule has 1 spiro atoms. The lowest BCUT2D eigenvalue weighted by molar-refractivity contribution is -0.154. The third kappa shape index (κ3) is 4.22. The van der Waals surface area contributed by atoms with E-state index in [1.807, 2.05) is 38.2 Å². The monoisotopic (exact) mass is 516 g/mol. The number of hydrogen-bond acceptors (Lipinski definition) is 7. The van der Waals surface area contributed by atoms with Crippen molar-refractivity contribution in [2.45, 2.75) is 43.9 Å². The zero-order chi connectivity index (χ0) is 26.2. The first kappa shape index (κ1) is 26.3. The Morgan fingerprint density at radius 1 is 0.892 bits per heavy atom. The third-order valence-corrected chi connectivity index (χ3v) is 8.73. The maximum atomic E-state index is 14.2. The van der Waals surface area contributed by atoms with Crippen LogP contribution in [0.5, 0.6) is 0 Å². The van der Waals surface area contributed by atoms with Crippen LogP contribution in [-0.2, 0) is 23.9 Å². The number of carbonyl (C=O) groups excluding carboxylic acids is 3. The van der Waals surface area contributed by atoms with E-state index in [4.69, 9.17) is 9.47 Å². The molecule has 1 N–H and O–H groups in total. The number of ether oxygens (including phenoxy) is 2. The van der Waals surface area contributed by atoms with E-state index in [1.165, 1.54) is 4.90 Å². The Hall–Kier alpha value is -2.27. The minimum Gasteiger partial charge on any atom is -0.395 e. The minimum absolute atomic E-state index is 0.0243. The van der Waals surface area contributed by atoms with Gasteiger partial charge in [0.15, 0.2) is 0 Å². The maximum Gasteiger partial charge on any atom is 0.249 e. The summed E-state index contributed by atoms with van der Waals surface area (Å²) in [5.74, 6) is -2.11. The normalized spacial score (nSPS) is 36.0. The minimum atomic E-state index is -1.26. The number of likely N-dealkylation sites (tertiary alicyclic amines) is 1. The lowest BCUT2D eigenvalue weighted by atomic mass is 9.73. The predicted molar refractivity (Wildman–Crippen MR) is 135 cm³/mol. The van der Waals surface area contributed by atoms with Gasteiger partial charge in [-0.15, -0.1) is 0 Å². The highest BCUT2D eigenvalue weighted by Gasteiger charge is 2.75. The molecule has 5 aliphatic heterocycles. The van der Waals surface area contributed by atoms with Gasteiger partial charge in [0.1, 0.15) is 11.6 Å². The number of aliphatic hydroxyl groups excluding tert-OH is 1. The van der Waals surface area contributed by atoms with E-state index >= 15 is 0 Å². The van der Waals surface area contributed by atoms with Gasteiger partial charge in [0.2, 0.25) is 17.7 Å². The lowest BCUT2D eigenvalue weighted by Crippen LogP contribution is -2.57. The number of aliphatic hydroxyl groups is 1. The molecular formula is C27H40N4O6. The summed E-state index contributed by atoms with van der Waals surface area (Å²) in [6.07, 6.45) is 9.05. The molecule has 3 amide bonds. The van der Waals surface area contributed by atoms with Crippen LogP contribution in [0.4, 0.5) is 0 Å². The van der Waals surface area contributed by atoms with Crippen molar-refractivity contribution in [1.82, 2.24) is 19.6 Å². The number of nitrogens with zero attached hydrogens (tertiary/aromatic N) is 4. The van der Waals surface area contributed by atoms with E-state index in [2.05, 4.69) is 4.90 Å². The fraction of sp³-hybridized carbons (Fsp3) is 0.741. The summed E-state index contributed by atoms with van der Waals surface area (Å²) in [5, 5.41) is 9.85. The van der Waals surface area contributed by atoms with Crippen molar-refractivity contribution < 1.29 is 29.0 Å². The maximum absolute atomic E-state index is 14.2. The van der Waals surface area contributed by atoms with Crippen LogP contribution >= 0.6 is 0 Å². The molecule has 0 aromatic rings. The average Bonchev–Trinajstić information content (AvgIpc) is 3.19. The molecule has 10 heteroatoms. The van der Waals surface area contributed by atoms with Crippen LogP contribution in [0.1, 0.15) is 26.7 Å².